The Balaban J connectivity index is 1.90. The van der Waals surface area contributed by atoms with E-state index in [-0.39, 0.29) is 5.54 Å². The zero-order chi connectivity index (χ0) is 12.4. The summed E-state index contributed by atoms with van der Waals surface area (Å²) in [6.07, 6.45) is 2.51. The highest BCUT2D eigenvalue weighted by Gasteiger charge is 2.29. The van der Waals surface area contributed by atoms with Crippen LogP contribution in [0.5, 0.6) is 0 Å². The molecule has 92 valence electrons. The molecule has 0 bridgehead atoms. The molecule has 0 aromatic heterocycles. The third-order valence-corrected chi connectivity index (χ3v) is 4.00. The first-order chi connectivity index (χ1) is 8.78. The molecule has 1 fully saturated rings. The Morgan fingerprint density at radius 2 is 1.56 bits per heavy atom. The van der Waals surface area contributed by atoms with E-state index in [2.05, 4.69) is 66.8 Å². The molecule has 1 heterocycles. The highest BCUT2D eigenvalue weighted by atomic mass is 15.0. The largest absolute Gasteiger partial charge is 0.308 e. The lowest BCUT2D eigenvalue weighted by Gasteiger charge is -2.25. The molecular formula is C17H19N. The second-order valence-corrected chi connectivity index (χ2v) is 5.31. The second kappa shape index (κ2) is 4.58. The van der Waals surface area contributed by atoms with Crippen LogP contribution >= 0.6 is 0 Å². The summed E-state index contributed by atoms with van der Waals surface area (Å²) in [5.74, 6) is 0. The van der Waals surface area contributed by atoms with Crippen LogP contribution in [0.3, 0.4) is 0 Å². The molecule has 1 unspecified atom stereocenters. The summed E-state index contributed by atoms with van der Waals surface area (Å²) in [5, 5.41) is 3.61. The third-order valence-electron chi connectivity index (χ3n) is 4.00. The predicted molar refractivity (Wildman–Crippen MR) is 76.5 cm³/mol. The summed E-state index contributed by atoms with van der Waals surface area (Å²) in [6.45, 7) is 3.44. The van der Waals surface area contributed by atoms with E-state index in [0.29, 0.717) is 0 Å². The maximum absolute atomic E-state index is 3.61. The molecule has 18 heavy (non-hydrogen) atoms. The number of rotatable bonds is 2. The lowest BCUT2D eigenvalue weighted by Crippen LogP contribution is -2.32. The first kappa shape index (κ1) is 11.5. The van der Waals surface area contributed by atoms with Gasteiger partial charge in [-0.1, -0.05) is 54.6 Å². The van der Waals surface area contributed by atoms with Gasteiger partial charge in [-0.2, -0.15) is 0 Å². The lowest BCUT2D eigenvalue weighted by atomic mass is 9.89. The fourth-order valence-corrected chi connectivity index (χ4v) is 2.80. The summed E-state index contributed by atoms with van der Waals surface area (Å²) in [5.41, 5.74) is 4.16. The average molecular weight is 237 g/mol. The van der Waals surface area contributed by atoms with Gasteiger partial charge in [0.1, 0.15) is 0 Å². The summed E-state index contributed by atoms with van der Waals surface area (Å²) in [7, 11) is 0. The number of benzene rings is 2. The monoisotopic (exact) mass is 237 g/mol. The van der Waals surface area contributed by atoms with Crippen molar-refractivity contribution in [1.82, 2.24) is 5.32 Å². The minimum atomic E-state index is 0.176. The van der Waals surface area contributed by atoms with Crippen molar-refractivity contribution in [2.24, 2.45) is 0 Å². The van der Waals surface area contributed by atoms with E-state index in [1.807, 2.05) is 0 Å². The van der Waals surface area contributed by atoms with Crippen molar-refractivity contribution in [3.63, 3.8) is 0 Å². The number of hydrogen-bond acceptors (Lipinski definition) is 1. The first-order valence-electron chi connectivity index (χ1n) is 6.69. The predicted octanol–water partition coefficient (Wildman–Crippen LogP) is 3.95. The van der Waals surface area contributed by atoms with Crippen LogP contribution in [-0.4, -0.2) is 6.54 Å². The van der Waals surface area contributed by atoms with Crippen molar-refractivity contribution in [3.05, 3.63) is 60.2 Å². The van der Waals surface area contributed by atoms with E-state index in [9.17, 15) is 0 Å². The van der Waals surface area contributed by atoms with Crippen molar-refractivity contribution in [3.8, 4) is 11.1 Å². The first-order valence-corrected chi connectivity index (χ1v) is 6.69. The molecule has 0 aliphatic carbocycles. The molecule has 3 rings (SSSR count). The topological polar surface area (TPSA) is 12.0 Å². The van der Waals surface area contributed by atoms with Gasteiger partial charge in [-0.25, -0.2) is 0 Å². The Kier molecular flexibility index (Phi) is 2.92. The standard InChI is InChI=1S/C17H19N/c1-17(12-5-13-18-17)16-10-8-15(9-11-16)14-6-3-2-4-7-14/h2-4,6-11,18H,5,12-13H2,1H3. The minimum Gasteiger partial charge on any atom is -0.308 e. The van der Waals surface area contributed by atoms with Gasteiger partial charge >= 0.3 is 0 Å². The van der Waals surface area contributed by atoms with Crippen molar-refractivity contribution in [1.29, 1.82) is 0 Å². The molecule has 1 atom stereocenters. The third kappa shape index (κ3) is 2.06. The minimum absolute atomic E-state index is 0.176. The van der Waals surface area contributed by atoms with Crippen LogP contribution in [0, 0.1) is 0 Å². The maximum atomic E-state index is 3.61. The van der Waals surface area contributed by atoms with Crippen LogP contribution < -0.4 is 5.32 Å². The van der Waals surface area contributed by atoms with Gasteiger partial charge in [0.2, 0.25) is 0 Å². The molecule has 0 saturated carbocycles. The van der Waals surface area contributed by atoms with Crippen molar-refractivity contribution < 1.29 is 0 Å². The van der Waals surface area contributed by atoms with Gasteiger partial charge in [0.25, 0.3) is 0 Å². The van der Waals surface area contributed by atoms with Gasteiger partial charge in [-0.05, 0) is 43.0 Å². The number of nitrogens with one attached hydrogen (secondary N) is 1. The van der Waals surface area contributed by atoms with E-state index in [4.69, 9.17) is 0 Å². The highest BCUT2D eigenvalue weighted by molar-refractivity contribution is 5.63. The van der Waals surface area contributed by atoms with Gasteiger partial charge in [0.05, 0.1) is 0 Å². The molecule has 0 radical (unpaired) electrons. The molecule has 2 aromatic rings. The SMILES string of the molecule is CC1(c2ccc(-c3ccccc3)cc2)CCCN1. The molecule has 1 saturated heterocycles. The Bertz CT molecular complexity index is 507. The van der Waals surface area contributed by atoms with E-state index in [1.165, 1.54) is 29.5 Å². The van der Waals surface area contributed by atoms with Crippen LogP contribution in [0.25, 0.3) is 11.1 Å². The molecule has 2 aromatic carbocycles. The molecule has 1 N–H and O–H groups in total. The Labute approximate surface area is 109 Å². The van der Waals surface area contributed by atoms with E-state index >= 15 is 0 Å². The Morgan fingerprint density at radius 3 is 2.17 bits per heavy atom. The lowest BCUT2D eigenvalue weighted by molar-refractivity contribution is 0.435. The molecular weight excluding hydrogens is 218 g/mol. The van der Waals surface area contributed by atoms with Crippen molar-refractivity contribution >= 4 is 0 Å². The van der Waals surface area contributed by atoms with E-state index in [0.717, 1.165) is 6.54 Å². The molecule has 0 amide bonds. The second-order valence-electron chi connectivity index (χ2n) is 5.31. The molecule has 1 heteroatoms. The fraction of sp³-hybridized carbons (Fsp3) is 0.294. The molecule has 0 spiro atoms. The highest BCUT2D eigenvalue weighted by Crippen LogP contribution is 2.31. The quantitative estimate of drug-likeness (QED) is 0.834. The van der Waals surface area contributed by atoms with Gasteiger partial charge in [-0.15, -0.1) is 0 Å². The summed E-state index contributed by atoms with van der Waals surface area (Å²) in [6, 6.07) is 19.5. The van der Waals surface area contributed by atoms with Crippen molar-refractivity contribution in [2.75, 3.05) is 6.54 Å². The molecule has 1 aliphatic rings. The molecule has 1 nitrogen and oxygen atoms in total. The van der Waals surface area contributed by atoms with Crippen LogP contribution in [0.15, 0.2) is 54.6 Å². The Hall–Kier alpha value is -1.60. The van der Waals surface area contributed by atoms with Crippen LogP contribution in [0.2, 0.25) is 0 Å². The molecule has 1 aliphatic heterocycles. The normalized spacial score (nSPS) is 23.2. The maximum Gasteiger partial charge on any atom is 0.0406 e. The fourth-order valence-electron chi connectivity index (χ4n) is 2.80. The van der Waals surface area contributed by atoms with Gasteiger partial charge < -0.3 is 5.32 Å². The van der Waals surface area contributed by atoms with Crippen molar-refractivity contribution in [2.45, 2.75) is 25.3 Å². The Morgan fingerprint density at radius 1 is 0.889 bits per heavy atom. The smallest absolute Gasteiger partial charge is 0.0406 e. The summed E-state index contributed by atoms with van der Waals surface area (Å²) >= 11 is 0. The zero-order valence-electron chi connectivity index (χ0n) is 10.8. The van der Waals surface area contributed by atoms with Crippen LogP contribution in [-0.2, 0) is 5.54 Å². The zero-order valence-corrected chi connectivity index (χ0v) is 10.8. The van der Waals surface area contributed by atoms with E-state index < -0.39 is 0 Å². The van der Waals surface area contributed by atoms with Gasteiger partial charge in [-0.3, -0.25) is 0 Å². The van der Waals surface area contributed by atoms with Gasteiger partial charge in [0.15, 0.2) is 0 Å². The number of hydrogen-bond donors (Lipinski definition) is 1. The van der Waals surface area contributed by atoms with Gasteiger partial charge in [0, 0.05) is 5.54 Å². The average Bonchev–Trinajstić information content (AvgIpc) is 2.88. The van der Waals surface area contributed by atoms with Crippen LogP contribution in [0.4, 0.5) is 0 Å². The summed E-state index contributed by atoms with van der Waals surface area (Å²) in [4.78, 5) is 0. The van der Waals surface area contributed by atoms with Crippen LogP contribution in [0.1, 0.15) is 25.3 Å². The summed E-state index contributed by atoms with van der Waals surface area (Å²) < 4.78 is 0. The van der Waals surface area contributed by atoms with E-state index in [1.54, 1.807) is 0 Å².